The highest BCUT2D eigenvalue weighted by Gasteiger charge is 2.38. The van der Waals surface area contributed by atoms with Crippen LogP contribution < -0.4 is 21.3 Å². The third-order valence-electron chi connectivity index (χ3n) is 7.84. The summed E-state index contributed by atoms with van der Waals surface area (Å²) < 4.78 is 0. The molecule has 0 aliphatic carbocycles. The summed E-state index contributed by atoms with van der Waals surface area (Å²) in [6, 6.07) is -5.27. The predicted octanol–water partition coefficient (Wildman–Crippen LogP) is 1.42. The Balaban J connectivity index is 3.34. The van der Waals surface area contributed by atoms with E-state index in [4.69, 9.17) is 0 Å². The van der Waals surface area contributed by atoms with Crippen LogP contribution in [0.15, 0.2) is 0 Å². The van der Waals surface area contributed by atoms with Gasteiger partial charge in [0.05, 0.1) is 6.42 Å². The van der Waals surface area contributed by atoms with Crippen molar-refractivity contribution in [1.82, 2.24) is 26.2 Å². The maximum atomic E-state index is 13.7. The quantitative estimate of drug-likeness (QED) is 0.128. The van der Waals surface area contributed by atoms with Gasteiger partial charge in [0.2, 0.25) is 29.5 Å². The monoisotopic (exact) mass is 639 g/mol. The van der Waals surface area contributed by atoms with E-state index in [0.717, 1.165) is 12.8 Å². The first kappa shape index (κ1) is 39.3. The fraction of sp³-hybridized carbons (Fsp3) is 0.774. The first-order chi connectivity index (χ1) is 20.9. The summed E-state index contributed by atoms with van der Waals surface area (Å²) in [5.74, 6) is -6.17. The predicted molar refractivity (Wildman–Crippen MR) is 166 cm³/mol. The number of amides is 5. The number of aliphatic carboxylic acids is 2. The van der Waals surface area contributed by atoms with E-state index >= 15 is 0 Å². The molecule has 0 aromatic heterocycles. The lowest BCUT2D eigenvalue weighted by molar-refractivity contribution is -0.143. The van der Waals surface area contributed by atoms with Gasteiger partial charge in [-0.15, -0.1) is 0 Å². The molecule has 14 nitrogen and oxygen atoms in total. The highest BCUT2D eigenvalue weighted by atomic mass is 16.4. The van der Waals surface area contributed by atoms with E-state index in [1.807, 2.05) is 13.8 Å². The Hall–Kier alpha value is -3.71. The van der Waals surface area contributed by atoms with Crippen LogP contribution in [0.5, 0.6) is 0 Å². The van der Waals surface area contributed by atoms with E-state index in [1.165, 1.54) is 0 Å². The number of carbonyl (C=O) groups is 7. The second-order valence-corrected chi connectivity index (χ2v) is 13.2. The van der Waals surface area contributed by atoms with Crippen LogP contribution in [-0.2, 0) is 33.6 Å². The number of hydrogen-bond acceptors (Lipinski definition) is 7. The molecule has 6 N–H and O–H groups in total. The van der Waals surface area contributed by atoms with Crippen LogP contribution in [0.1, 0.15) is 99.8 Å². The number of nitrogens with zero attached hydrogens (tertiary/aromatic N) is 1. The molecule has 1 heterocycles. The summed E-state index contributed by atoms with van der Waals surface area (Å²) >= 11 is 0. The van der Waals surface area contributed by atoms with Gasteiger partial charge in [-0.25, -0.2) is 4.79 Å². The van der Waals surface area contributed by atoms with Gasteiger partial charge in [-0.05, 0) is 49.9 Å². The highest BCUT2D eigenvalue weighted by Crippen LogP contribution is 2.21. The average molecular weight is 640 g/mol. The lowest BCUT2D eigenvalue weighted by Gasteiger charge is -2.33. The van der Waals surface area contributed by atoms with Crippen molar-refractivity contribution in [3.63, 3.8) is 0 Å². The van der Waals surface area contributed by atoms with Crippen LogP contribution in [0, 0.1) is 17.3 Å². The zero-order chi connectivity index (χ0) is 34.5. The van der Waals surface area contributed by atoms with E-state index in [1.54, 1.807) is 39.5 Å². The Morgan fingerprint density at radius 1 is 0.733 bits per heavy atom. The fourth-order valence-corrected chi connectivity index (χ4v) is 5.10. The Bertz CT molecular complexity index is 1060. The van der Waals surface area contributed by atoms with Gasteiger partial charge in [0, 0.05) is 25.4 Å². The standard InChI is InChI=1S/C31H53N5O9/c1-8-19(9-2)26(40)35-25(31(5,6)7)29(43)33-21(17-23(37)36-14-10-11-15-36)28(42)32-20(12-13-24(38)39)27(41)34-22(30(44)45)16-18(3)4/h18-22,25H,8-17H2,1-7H3,(H,32,42)(H,33,43)(H,34,41)(H,35,40)(H,38,39)(H,44,45). The maximum Gasteiger partial charge on any atom is 0.326 e. The molecular weight excluding hydrogens is 586 g/mol. The Kier molecular flexibility index (Phi) is 16.0. The Labute approximate surface area is 265 Å². The second kappa shape index (κ2) is 18.3. The van der Waals surface area contributed by atoms with Crippen molar-refractivity contribution in [3.05, 3.63) is 0 Å². The number of nitrogens with one attached hydrogen (secondary N) is 4. The molecule has 1 saturated heterocycles. The average Bonchev–Trinajstić information content (AvgIpc) is 3.48. The van der Waals surface area contributed by atoms with Crippen LogP contribution in [0.3, 0.4) is 0 Å². The first-order valence-corrected chi connectivity index (χ1v) is 15.8. The summed E-state index contributed by atoms with van der Waals surface area (Å²) in [5.41, 5.74) is -0.780. The van der Waals surface area contributed by atoms with Crippen molar-refractivity contribution >= 4 is 41.5 Å². The molecule has 0 aromatic carbocycles. The Morgan fingerprint density at radius 3 is 1.71 bits per heavy atom. The molecule has 0 spiro atoms. The van der Waals surface area contributed by atoms with Crippen LogP contribution in [0.4, 0.5) is 0 Å². The molecule has 1 fully saturated rings. The van der Waals surface area contributed by atoms with Gasteiger partial charge in [-0.3, -0.25) is 28.8 Å². The summed E-state index contributed by atoms with van der Waals surface area (Å²) in [5, 5.41) is 29.0. The van der Waals surface area contributed by atoms with Crippen LogP contribution in [0.2, 0.25) is 0 Å². The highest BCUT2D eigenvalue weighted by molar-refractivity contribution is 5.97. The second-order valence-electron chi connectivity index (χ2n) is 13.2. The van der Waals surface area contributed by atoms with Gasteiger partial charge < -0.3 is 36.4 Å². The molecular formula is C31H53N5O9. The van der Waals surface area contributed by atoms with Gasteiger partial charge in [0.1, 0.15) is 24.2 Å². The molecule has 0 saturated carbocycles. The summed E-state index contributed by atoms with van der Waals surface area (Å²) in [6.45, 7) is 13.5. The van der Waals surface area contributed by atoms with Gasteiger partial charge in [0.25, 0.3) is 0 Å². The fourth-order valence-electron chi connectivity index (χ4n) is 5.10. The number of carbonyl (C=O) groups excluding carboxylic acids is 5. The van der Waals surface area contributed by atoms with Crippen molar-refractivity contribution in [2.75, 3.05) is 13.1 Å². The molecule has 45 heavy (non-hydrogen) atoms. The summed E-state index contributed by atoms with van der Waals surface area (Å²) in [4.78, 5) is 91.1. The topological polar surface area (TPSA) is 211 Å². The normalized spacial score (nSPS) is 16.0. The van der Waals surface area contributed by atoms with Crippen molar-refractivity contribution in [3.8, 4) is 0 Å². The lowest BCUT2D eigenvalue weighted by atomic mass is 9.85. The number of likely N-dealkylation sites (tertiary alicyclic amines) is 1. The zero-order valence-electron chi connectivity index (χ0n) is 27.7. The molecule has 1 aliphatic rings. The molecule has 4 unspecified atom stereocenters. The Morgan fingerprint density at radius 2 is 1.24 bits per heavy atom. The summed E-state index contributed by atoms with van der Waals surface area (Å²) in [6.07, 6.45) is 1.50. The molecule has 5 amide bonds. The van der Waals surface area contributed by atoms with E-state index in [-0.39, 0.29) is 30.6 Å². The van der Waals surface area contributed by atoms with Gasteiger partial charge in [0.15, 0.2) is 0 Å². The third kappa shape index (κ3) is 13.4. The number of rotatable bonds is 18. The van der Waals surface area contributed by atoms with Gasteiger partial charge in [-0.2, -0.15) is 0 Å². The molecule has 0 aromatic rings. The number of hydrogen-bond donors (Lipinski definition) is 6. The van der Waals surface area contributed by atoms with E-state index in [9.17, 15) is 43.8 Å². The minimum atomic E-state index is -1.47. The van der Waals surface area contributed by atoms with Crippen LogP contribution in [0.25, 0.3) is 0 Å². The van der Waals surface area contributed by atoms with Crippen LogP contribution >= 0.6 is 0 Å². The molecule has 1 aliphatic heterocycles. The third-order valence-corrected chi connectivity index (χ3v) is 7.84. The number of carboxylic acid groups (broad SMARTS) is 2. The largest absolute Gasteiger partial charge is 0.481 e. The van der Waals surface area contributed by atoms with E-state index in [0.29, 0.717) is 25.9 Å². The van der Waals surface area contributed by atoms with E-state index in [2.05, 4.69) is 21.3 Å². The zero-order valence-corrected chi connectivity index (χ0v) is 27.7. The lowest BCUT2D eigenvalue weighted by Crippen LogP contribution is -2.60. The van der Waals surface area contributed by atoms with Crippen molar-refractivity contribution in [2.45, 2.75) is 124 Å². The molecule has 0 bridgehead atoms. The SMILES string of the molecule is CCC(CC)C(=O)NC(C(=O)NC(CC(=O)N1CCCC1)C(=O)NC(CCC(=O)O)C(=O)NC(CC(C)C)C(=O)O)C(C)(C)C. The molecule has 14 heteroatoms. The van der Waals surface area contributed by atoms with E-state index < -0.39 is 78.0 Å². The minimum Gasteiger partial charge on any atom is -0.481 e. The van der Waals surface area contributed by atoms with Crippen molar-refractivity contribution in [2.24, 2.45) is 17.3 Å². The smallest absolute Gasteiger partial charge is 0.326 e. The summed E-state index contributed by atoms with van der Waals surface area (Å²) in [7, 11) is 0. The number of carboxylic acids is 2. The molecule has 256 valence electrons. The van der Waals surface area contributed by atoms with Crippen molar-refractivity contribution in [1.29, 1.82) is 0 Å². The van der Waals surface area contributed by atoms with Crippen LogP contribution in [-0.4, -0.2) is 93.8 Å². The molecule has 4 atom stereocenters. The first-order valence-electron chi connectivity index (χ1n) is 15.8. The van der Waals surface area contributed by atoms with Crippen molar-refractivity contribution < 1.29 is 43.8 Å². The molecule has 0 radical (unpaired) electrons. The molecule has 1 rings (SSSR count). The maximum absolute atomic E-state index is 13.7. The van der Waals surface area contributed by atoms with Gasteiger partial charge >= 0.3 is 11.9 Å². The van der Waals surface area contributed by atoms with Gasteiger partial charge in [-0.1, -0.05) is 48.5 Å². The minimum absolute atomic E-state index is 0.0872.